The van der Waals surface area contributed by atoms with Crippen LogP contribution in [-0.4, -0.2) is 16.8 Å². The maximum absolute atomic E-state index is 8.67. The molecule has 2 N–H and O–H groups in total. The third-order valence-corrected chi connectivity index (χ3v) is 1.37. The summed E-state index contributed by atoms with van der Waals surface area (Å²) in [6.07, 6.45) is 4.67. The van der Waals surface area contributed by atoms with Gasteiger partial charge < -0.3 is 10.2 Å². The van der Waals surface area contributed by atoms with Gasteiger partial charge in [0, 0.05) is 13.0 Å². The van der Waals surface area contributed by atoms with E-state index < -0.39 is 0 Å². The molecular weight excluding hydrogens is 128 g/mol. The van der Waals surface area contributed by atoms with E-state index in [2.05, 4.69) is 6.58 Å². The summed E-state index contributed by atoms with van der Waals surface area (Å²) in [4.78, 5) is 0. The number of allylic oxidation sites excluding steroid dienone is 1. The molecule has 0 atom stereocenters. The van der Waals surface area contributed by atoms with Gasteiger partial charge in [0.25, 0.3) is 0 Å². The van der Waals surface area contributed by atoms with Gasteiger partial charge >= 0.3 is 0 Å². The van der Waals surface area contributed by atoms with Crippen LogP contribution < -0.4 is 0 Å². The minimum absolute atomic E-state index is 0.268. The van der Waals surface area contributed by atoms with Gasteiger partial charge in [-0.2, -0.15) is 0 Å². The van der Waals surface area contributed by atoms with Gasteiger partial charge in [-0.1, -0.05) is 19.4 Å². The lowest BCUT2D eigenvalue weighted by atomic mass is 10.1. The normalized spacial score (nSPS) is 9.70. The SMILES string of the molecule is C=C(O)CCCCCCO. The van der Waals surface area contributed by atoms with Crippen LogP contribution in [0.2, 0.25) is 0 Å². The molecule has 0 radical (unpaired) electrons. The van der Waals surface area contributed by atoms with Crippen molar-refractivity contribution < 1.29 is 10.2 Å². The second-order valence-corrected chi connectivity index (χ2v) is 2.45. The Labute approximate surface area is 62.2 Å². The maximum Gasteiger partial charge on any atom is 0.0851 e. The molecule has 0 bridgehead atoms. The van der Waals surface area contributed by atoms with Crippen LogP contribution >= 0.6 is 0 Å². The lowest BCUT2D eigenvalue weighted by molar-refractivity contribution is 0.282. The van der Waals surface area contributed by atoms with Gasteiger partial charge in [0.1, 0.15) is 0 Å². The topological polar surface area (TPSA) is 40.5 Å². The van der Waals surface area contributed by atoms with E-state index in [0.717, 1.165) is 25.7 Å². The average molecular weight is 144 g/mol. The second kappa shape index (κ2) is 6.62. The fraction of sp³-hybridized carbons (Fsp3) is 0.750. The quantitative estimate of drug-likeness (QED) is 0.442. The molecule has 0 saturated heterocycles. The molecule has 2 heteroatoms. The summed E-state index contributed by atoms with van der Waals surface area (Å²) in [6.45, 7) is 3.66. The molecule has 0 aromatic carbocycles. The Morgan fingerprint density at radius 2 is 1.70 bits per heavy atom. The predicted molar refractivity (Wildman–Crippen MR) is 41.9 cm³/mol. The number of unbranched alkanes of at least 4 members (excludes halogenated alkanes) is 3. The van der Waals surface area contributed by atoms with Crippen LogP contribution in [0.15, 0.2) is 12.3 Å². The van der Waals surface area contributed by atoms with E-state index in [1.54, 1.807) is 0 Å². The van der Waals surface area contributed by atoms with Crippen molar-refractivity contribution in [2.45, 2.75) is 32.1 Å². The van der Waals surface area contributed by atoms with Crippen LogP contribution in [-0.2, 0) is 0 Å². The van der Waals surface area contributed by atoms with Crippen LogP contribution in [0.4, 0.5) is 0 Å². The Morgan fingerprint density at radius 3 is 2.20 bits per heavy atom. The second-order valence-electron chi connectivity index (χ2n) is 2.45. The maximum atomic E-state index is 8.67. The van der Waals surface area contributed by atoms with Gasteiger partial charge in [-0.3, -0.25) is 0 Å². The molecule has 0 rings (SSSR count). The van der Waals surface area contributed by atoms with Crippen LogP contribution in [0.25, 0.3) is 0 Å². The van der Waals surface area contributed by atoms with E-state index in [1.807, 2.05) is 0 Å². The van der Waals surface area contributed by atoms with Crippen molar-refractivity contribution in [1.82, 2.24) is 0 Å². The van der Waals surface area contributed by atoms with Gasteiger partial charge in [-0.25, -0.2) is 0 Å². The summed E-state index contributed by atoms with van der Waals surface area (Å²) in [5.41, 5.74) is 0. The summed E-state index contributed by atoms with van der Waals surface area (Å²) >= 11 is 0. The fourth-order valence-corrected chi connectivity index (χ4v) is 0.794. The minimum Gasteiger partial charge on any atom is -0.513 e. The zero-order valence-corrected chi connectivity index (χ0v) is 6.34. The van der Waals surface area contributed by atoms with Crippen LogP contribution in [0, 0.1) is 0 Å². The highest BCUT2D eigenvalue weighted by Gasteiger charge is 1.90. The Kier molecular flexibility index (Phi) is 6.29. The standard InChI is InChI=1S/C8H16O2/c1-8(10)6-4-2-3-5-7-9/h9-10H,1-7H2. The first-order valence-electron chi connectivity index (χ1n) is 3.75. The number of aliphatic hydroxyl groups excluding tert-OH is 2. The molecule has 60 valence electrons. The van der Waals surface area contributed by atoms with E-state index in [0.29, 0.717) is 6.42 Å². The summed E-state index contributed by atoms with van der Waals surface area (Å²) in [5, 5.41) is 17.1. The van der Waals surface area contributed by atoms with Crippen LogP contribution in [0.3, 0.4) is 0 Å². The molecule has 0 spiro atoms. The first-order chi connectivity index (χ1) is 4.77. The van der Waals surface area contributed by atoms with E-state index in [9.17, 15) is 0 Å². The smallest absolute Gasteiger partial charge is 0.0851 e. The summed E-state index contributed by atoms with van der Waals surface area (Å²) < 4.78 is 0. The van der Waals surface area contributed by atoms with E-state index >= 15 is 0 Å². The van der Waals surface area contributed by atoms with Crippen LogP contribution in [0.5, 0.6) is 0 Å². The molecule has 0 unspecified atom stereocenters. The van der Waals surface area contributed by atoms with Crippen molar-refractivity contribution in [2.24, 2.45) is 0 Å². The predicted octanol–water partition coefficient (Wildman–Crippen LogP) is 2.00. The van der Waals surface area contributed by atoms with Crippen molar-refractivity contribution in [1.29, 1.82) is 0 Å². The molecule has 10 heavy (non-hydrogen) atoms. The zero-order valence-electron chi connectivity index (χ0n) is 6.34. The van der Waals surface area contributed by atoms with Crippen molar-refractivity contribution in [3.8, 4) is 0 Å². The molecule has 0 heterocycles. The highest BCUT2D eigenvalue weighted by molar-refractivity contribution is 4.77. The lowest BCUT2D eigenvalue weighted by Gasteiger charge is -1.97. The Bertz CT molecular complexity index is 89.3. The molecule has 0 aliphatic rings. The first kappa shape index (κ1) is 9.50. The van der Waals surface area contributed by atoms with Crippen molar-refractivity contribution in [2.75, 3.05) is 6.61 Å². The Balaban J connectivity index is 2.84. The largest absolute Gasteiger partial charge is 0.513 e. The number of hydrogen-bond donors (Lipinski definition) is 2. The van der Waals surface area contributed by atoms with E-state index in [-0.39, 0.29) is 12.4 Å². The average Bonchev–Trinajstić information content (AvgIpc) is 1.87. The molecule has 0 amide bonds. The summed E-state index contributed by atoms with van der Waals surface area (Å²) in [5.74, 6) is 0.268. The molecule has 0 aliphatic heterocycles. The zero-order chi connectivity index (χ0) is 7.82. The van der Waals surface area contributed by atoms with Crippen LogP contribution in [0.1, 0.15) is 32.1 Å². The van der Waals surface area contributed by atoms with Crippen molar-refractivity contribution in [3.05, 3.63) is 12.3 Å². The lowest BCUT2D eigenvalue weighted by Crippen LogP contribution is -1.84. The van der Waals surface area contributed by atoms with E-state index in [1.165, 1.54) is 0 Å². The third-order valence-electron chi connectivity index (χ3n) is 1.37. The molecular formula is C8H16O2. The Morgan fingerprint density at radius 1 is 1.10 bits per heavy atom. The Hall–Kier alpha value is -0.500. The molecule has 0 fully saturated rings. The summed E-state index contributed by atoms with van der Waals surface area (Å²) in [7, 11) is 0. The number of aliphatic hydroxyl groups is 2. The molecule has 0 saturated carbocycles. The molecule has 2 nitrogen and oxygen atoms in total. The van der Waals surface area contributed by atoms with Gasteiger partial charge in [-0.15, -0.1) is 0 Å². The minimum atomic E-state index is 0.268. The molecule has 0 aromatic heterocycles. The monoisotopic (exact) mass is 144 g/mol. The first-order valence-corrected chi connectivity index (χ1v) is 3.75. The number of hydrogen-bond acceptors (Lipinski definition) is 2. The van der Waals surface area contributed by atoms with Crippen molar-refractivity contribution in [3.63, 3.8) is 0 Å². The highest BCUT2D eigenvalue weighted by Crippen LogP contribution is 2.05. The van der Waals surface area contributed by atoms with E-state index in [4.69, 9.17) is 10.2 Å². The number of rotatable bonds is 6. The third kappa shape index (κ3) is 7.50. The van der Waals surface area contributed by atoms with Gasteiger partial charge in [0.2, 0.25) is 0 Å². The van der Waals surface area contributed by atoms with Crippen molar-refractivity contribution >= 4 is 0 Å². The van der Waals surface area contributed by atoms with Gasteiger partial charge in [0.15, 0.2) is 0 Å². The fourth-order valence-electron chi connectivity index (χ4n) is 0.794. The summed E-state index contributed by atoms with van der Waals surface area (Å²) in [6, 6.07) is 0. The van der Waals surface area contributed by atoms with Gasteiger partial charge in [0.05, 0.1) is 5.76 Å². The molecule has 0 aliphatic carbocycles. The molecule has 0 aromatic rings. The highest BCUT2D eigenvalue weighted by atomic mass is 16.3. The van der Waals surface area contributed by atoms with Gasteiger partial charge in [-0.05, 0) is 12.8 Å².